The Morgan fingerprint density at radius 2 is 2.26 bits per heavy atom. The maximum atomic E-state index is 11.8. The van der Waals surface area contributed by atoms with Crippen LogP contribution in [0.1, 0.15) is 38.4 Å². The van der Waals surface area contributed by atoms with Gasteiger partial charge in [0.15, 0.2) is 0 Å². The van der Waals surface area contributed by atoms with Gasteiger partial charge in [-0.1, -0.05) is 25.4 Å². The number of hydrogen-bond donors (Lipinski definition) is 2. The third-order valence-electron chi connectivity index (χ3n) is 3.59. The molecule has 6 heteroatoms. The van der Waals surface area contributed by atoms with E-state index >= 15 is 0 Å². The number of carbonyl (C=O) groups excluding carboxylic acids is 1. The number of nitrogens with one attached hydrogen (secondary N) is 1. The number of aromatic nitrogens is 1. The molecule has 0 aromatic carbocycles. The van der Waals surface area contributed by atoms with E-state index in [2.05, 4.69) is 10.5 Å². The van der Waals surface area contributed by atoms with Gasteiger partial charge in [0.25, 0.3) is 0 Å². The van der Waals surface area contributed by atoms with Crippen molar-refractivity contribution in [1.82, 2.24) is 10.5 Å². The molecule has 2 atom stereocenters. The van der Waals surface area contributed by atoms with Crippen LogP contribution < -0.4 is 5.32 Å². The Bertz CT molecular complexity index is 424. The molecule has 2 N–H and O–H groups in total. The highest BCUT2D eigenvalue weighted by molar-refractivity contribution is 6.29. The van der Waals surface area contributed by atoms with Crippen LogP contribution in [-0.2, 0) is 11.2 Å². The number of hydrogen-bond acceptors (Lipinski definition) is 4. The molecule has 0 aliphatic heterocycles. The van der Waals surface area contributed by atoms with Crippen LogP contribution in [0.3, 0.4) is 0 Å². The van der Waals surface area contributed by atoms with Crippen LogP contribution in [-0.4, -0.2) is 28.3 Å². The molecule has 1 rings (SSSR count). The number of aryl methyl sites for hydroxylation is 1. The van der Waals surface area contributed by atoms with E-state index in [1.165, 1.54) is 0 Å². The van der Waals surface area contributed by atoms with Gasteiger partial charge in [0, 0.05) is 12.1 Å². The lowest BCUT2D eigenvalue weighted by Gasteiger charge is -2.29. The average molecular weight is 289 g/mol. The molecule has 0 spiro atoms. The fourth-order valence-electron chi connectivity index (χ4n) is 1.67. The summed E-state index contributed by atoms with van der Waals surface area (Å²) in [7, 11) is 0. The summed E-state index contributed by atoms with van der Waals surface area (Å²) < 4.78 is 4.78. The van der Waals surface area contributed by atoms with Crippen molar-refractivity contribution in [3.05, 3.63) is 16.5 Å². The zero-order chi connectivity index (χ0) is 14.6. The second-order valence-electron chi connectivity index (χ2n) is 5.14. The van der Waals surface area contributed by atoms with Crippen molar-refractivity contribution in [3.8, 4) is 0 Å². The molecule has 0 aliphatic rings. The molecule has 0 fully saturated rings. The van der Waals surface area contributed by atoms with Gasteiger partial charge in [-0.25, -0.2) is 0 Å². The Labute approximate surface area is 118 Å². The van der Waals surface area contributed by atoms with E-state index in [0.717, 1.165) is 6.42 Å². The van der Waals surface area contributed by atoms with Crippen molar-refractivity contribution >= 4 is 17.5 Å². The van der Waals surface area contributed by atoms with Crippen LogP contribution in [0.15, 0.2) is 4.52 Å². The summed E-state index contributed by atoms with van der Waals surface area (Å²) in [6, 6.07) is 0. The number of nitrogens with zero attached hydrogens (tertiary/aromatic N) is 1. The number of halogens is 1. The second kappa shape index (κ2) is 6.39. The van der Waals surface area contributed by atoms with Crippen molar-refractivity contribution in [2.24, 2.45) is 5.92 Å². The molecule has 108 valence electrons. The summed E-state index contributed by atoms with van der Waals surface area (Å²) in [5.74, 6) is -0.106. The maximum absolute atomic E-state index is 11.8. The monoisotopic (exact) mass is 288 g/mol. The van der Waals surface area contributed by atoms with Crippen LogP contribution in [0.25, 0.3) is 0 Å². The average Bonchev–Trinajstić information content (AvgIpc) is 2.67. The van der Waals surface area contributed by atoms with Crippen LogP contribution in [0.5, 0.6) is 0 Å². The number of rotatable bonds is 6. The molecule has 0 bridgehead atoms. The minimum absolute atomic E-state index is 0.102. The third kappa shape index (κ3) is 4.21. The lowest BCUT2D eigenvalue weighted by atomic mass is 9.88. The van der Waals surface area contributed by atoms with Crippen LogP contribution in [0.4, 0.5) is 0 Å². The van der Waals surface area contributed by atoms with Crippen molar-refractivity contribution in [2.45, 2.75) is 46.1 Å². The molecule has 0 radical (unpaired) electrons. The number of aliphatic hydroxyl groups is 1. The van der Waals surface area contributed by atoms with Gasteiger partial charge in [0.2, 0.25) is 11.1 Å². The van der Waals surface area contributed by atoms with E-state index in [4.69, 9.17) is 16.1 Å². The first kappa shape index (κ1) is 16.0. The summed E-state index contributed by atoms with van der Waals surface area (Å²) in [4.78, 5) is 11.8. The van der Waals surface area contributed by atoms with Gasteiger partial charge >= 0.3 is 0 Å². The predicted molar refractivity (Wildman–Crippen MR) is 73.0 cm³/mol. The van der Waals surface area contributed by atoms with E-state index in [1.54, 1.807) is 13.8 Å². The Hall–Kier alpha value is -1.07. The van der Waals surface area contributed by atoms with Crippen LogP contribution in [0, 0.1) is 12.8 Å². The van der Waals surface area contributed by atoms with E-state index in [0.29, 0.717) is 11.3 Å². The summed E-state index contributed by atoms with van der Waals surface area (Å²) in [6.07, 6.45) is 0.949. The van der Waals surface area contributed by atoms with Gasteiger partial charge < -0.3 is 14.9 Å². The highest BCUT2D eigenvalue weighted by Gasteiger charge is 2.27. The molecule has 1 amide bonds. The van der Waals surface area contributed by atoms with E-state index in [1.807, 2.05) is 13.8 Å². The molecule has 5 nitrogen and oxygen atoms in total. The molecule has 0 saturated carbocycles. The standard InChI is InChI=1S/C13H21ClN2O3/c1-5-8(2)13(4,18)7-15-11(17)6-10-9(3)16-19-12(10)14/h8,18H,5-7H2,1-4H3,(H,15,17). The topological polar surface area (TPSA) is 75.4 Å². The minimum atomic E-state index is -0.919. The first-order valence-corrected chi connectivity index (χ1v) is 6.75. The maximum Gasteiger partial charge on any atom is 0.229 e. The Morgan fingerprint density at radius 3 is 2.74 bits per heavy atom. The van der Waals surface area contributed by atoms with Crippen molar-refractivity contribution in [1.29, 1.82) is 0 Å². The van der Waals surface area contributed by atoms with E-state index in [-0.39, 0.29) is 30.0 Å². The third-order valence-corrected chi connectivity index (χ3v) is 3.89. The molecular weight excluding hydrogens is 268 g/mol. The number of carbonyl (C=O) groups is 1. The smallest absolute Gasteiger partial charge is 0.229 e. The number of amides is 1. The fraction of sp³-hybridized carbons (Fsp3) is 0.692. The second-order valence-corrected chi connectivity index (χ2v) is 5.48. The SMILES string of the molecule is CCC(C)C(C)(O)CNC(=O)Cc1c(C)noc1Cl. The predicted octanol–water partition coefficient (Wildman–Crippen LogP) is 2.09. The Morgan fingerprint density at radius 1 is 1.63 bits per heavy atom. The zero-order valence-electron chi connectivity index (χ0n) is 11.8. The van der Waals surface area contributed by atoms with E-state index < -0.39 is 5.60 Å². The first-order valence-electron chi connectivity index (χ1n) is 6.37. The first-order chi connectivity index (χ1) is 8.77. The van der Waals surface area contributed by atoms with E-state index in [9.17, 15) is 9.90 Å². The molecule has 0 saturated heterocycles. The van der Waals surface area contributed by atoms with Gasteiger partial charge in [0.1, 0.15) is 0 Å². The van der Waals surface area contributed by atoms with Crippen LogP contribution in [0.2, 0.25) is 5.22 Å². The van der Waals surface area contributed by atoms with Crippen LogP contribution >= 0.6 is 11.6 Å². The normalized spacial score (nSPS) is 15.9. The molecule has 1 aromatic heterocycles. The summed E-state index contributed by atoms with van der Waals surface area (Å²) in [5.41, 5.74) is 0.272. The van der Waals surface area contributed by atoms with Gasteiger partial charge in [-0.3, -0.25) is 4.79 Å². The van der Waals surface area contributed by atoms with Gasteiger partial charge in [-0.2, -0.15) is 0 Å². The van der Waals surface area contributed by atoms with Gasteiger partial charge in [0.05, 0.1) is 17.7 Å². The molecule has 1 heterocycles. The summed E-state index contributed by atoms with van der Waals surface area (Å²) >= 11 is 5.79. The Kier molecular flexibility index (Phi) is 5.38. The molecule has 1 aromatic rings. The zero-order valence-corrected chi connectivity index (χ0v) is 12.5. The van der Waals surface area contributed by atoms with Gasteiger partial charge in [-0.05, 0) is 31.4 Å². The fourth-order valence-corrected chi connectivity index (χ4v) is 1.91. The largest absolute Gasteiger partial charge is 0.388 e. The highest BCUT2D eigenvalue weighted by atomic mass is 35.5. The molecule has 2 unspecified atom stereocenters. The summed E-state index contributed by atoms with van der Waals surface area (Å²) in [5, 5.41) is 16.7. The van der Waals surface area contributed by atoms with Crippen molar-refractivity contribution < 1.29 is 14.4 Å². The lowest BCUT2D eigenvalue weighted by molar-refractivity contribution is -0.122. The highest BCUT2D eigenvalue weighted by Crippen LogP contribution is 2.20. The van der Waals surface area contributed by atoms with Crippen molar-refractivity contribution in [3.63, 3.8) is 0 Å². The quantitative estimate of drug-likeness (QED) is 0.840. The lowest BCUT2D eigenvalue weighted by Crippen LogP contribution is -2.45. The summed E-state index contributed by atoms with van der Waals surface area (Å²) in [6.45, 7) is 7.61. The Balaban J connectivity index is 2.53. The van der Waals surface area contributed by atoms with Crippen molar-refractivity contribution in [2.75, 3.05) is 6.54 Å². The molecule has 0 aliphatic carbocycles. The molecule has 19 heavy (non-hydrogen) atoms. The van der Waals surface area contributed by atoms with Gasteiger partial charge in [-0.15, -0.1) is 0 Å². The minimum Gasteiger partial charge on any atom is -0.388 e. The molecular formula is C13H21ClN2O3.